The fourth-order valence-corrected chi connectivity index (χ4v) is 3.00. The number of rotatable bonds is 5. The fraction of sp³-hybridized carbons (Fsp3) is 0.143. The molecular formula is C21H19N5O2. The number of nitrogens with zero attached hydrogens (tertiary/aromatic N) is 5. The standard InChI is InChI=1S/C21H19N5O2/c1-24(13-16-8-4-2-5-9-16)20(27)14-25-21(28)19-12-18(23-26(19)15-22-25)17-10-6-3-7-11-17/h2-12,15H,13-14H2,1H3. The Kier molecular flexibility index (Phi) is 4.72. The van der Waals surface area contributed by atoms with Crippen LogP contribution in [0.1, 0.15) is 5.56 Å². The van der Waals surface area contributed by atoms with Crippen LogP contribution in [0.2, 0.25) is 0 Å². The van der Waals surface area contributed by atoms with Crippen LogP contribution in [0.15, 0.2) is 77.9 Å². The van der Waals surface area contributed by atoms with Crippen LogP contribution in [0.4, 0.5) is 0 Å². The summed E-state index contributed by atoms with van der Waals surface area (Å²) in [5, 5.41) is 8.50. The molecule has 2 aromatic carbocycles. The maximum atomic E-state index is 12.8. The van der Waals surface area contributed by atoms with E-state index in [0.717, 1.165) is 11.1 Å². The Morgan fingerprint density at radius 2 is 1.71 bits per heavy atom. The van der Waals surface area contributed by atoms with E-state index in [1.807, 2.05) is 60.7 Å². The first-order valence-electron chi connectivity index (χ1n) is 8.90. The maximum absolute atomic E-state index is 12.8. The van der Waals surface area contributed by atoms with Crippen LogP contribution < -0.4 is 5.56 Å². The van der Waals surface area contributed by atoms with E-state index in [1.54, 1.807) is 18.0 Å². The molecule has 0 bridgehead atoms. The molecule has 0 spiro atoms. The summed E-state index contributed by atoms with van der Waals surface area (Å²) in [6, 6.07) is 21.0. The lowest BCUT2D eigenvalue weighted by Crippen LogP contribution is -2.35. The van der Waals surface area contributed by atoms with Gasteiger partial charge in [-0.25, -0.2) is 9.20 Å². The van der Waals surface area contributed by atoms with Crippen molar-refractivity contribution in [1.82, 2.24) is 24.3 Å². The summed E-state index contributed by atoms with van der Waals surface area (Å²) in [5.74, 6) is -0.189. The highest BCUT2D eigenvalue weighted by atomic mass is 16.2. The van der Waals surface area contributed by atoms with E-state index in [0.29, 0.717) is 17.8 Å². The predicted octanol–water partition coefficient (Wildman–Crippen LogP) is 2.22. The van der Waals surface area contributed by atoms with Gasteiger partial charge in [0.1, 0.15) is 18.4 Å². The third kappa shape index (κ3) is 3.55. The SMILES string of the molecule is CN(Cc1ccccc1)C(=O)Cn1ncn2nc(-c3ccccc3)cc2c1=O. The molecule has 0 unspecified atom stereocenters. The largest absolute Gasteiger partial charge is 0.340 e. The van der Waals surface area contributed by atoms with Gasteiger partial charge in [-0.15, -0.1) is 0 Å². The lowest BCUT2D eigenvalue weighted by Gasteiger charge is -2.17. The van der Waals surface area contributed by atoms with Crippen molar-refractivity contribution in [3.8, 4) is 11.3 Å². The van der Waals surface area contributed by atoms with Crippen LogP contribution in [0.25, 0.3) is 16.8 Å². The zero-order valence-electron chi connectivity index (χ0n) is 15.4. The molecule has 2 heterocycles. The molecule has 4 aromatic rings. The Balaban J connectivity index is 1.56. The lowest BCUT2D eigenvalue weighted by atomic mass is 10.1. The number of carbonyl (C=O) groups is 1. The molecule has 7 nitrogen and oxygen atoms in total. The first-order chi connectivity index (χ1) is 13.6. The van der Waals surface area contributed by atoms with Gasteiger partial charge in [0.15, 0.2) is 0 Å². The van der Waals surface area contributed by atoms with Gasteiger partial charge in [0.25, 0.3) is 5.56 Å². The first kappa shape index (κ1) is 17.7. The third-order valence-corrected chi connectivity index (χ3v) is 4.53. The zero-order chi connectivity index (χ0) is 19.5. The summed E-state index contributed by atoms with van der Waals surface area (Å²) in [4.78, 5) is 26.9. The molecule has 0 saturated heterocycles. The summed E-state index contributed by atoms with van der Waals surface area (Å²) in [6.45, 7) is 0.353. The van der Waals surface area contributed by atoms with Gasteiger partial charge in [-0.3, -0.25) is 9.59 Å². The van der Waals surface area contributed by atoms with Crippen LogP contribution in [0.5, 0.6) is 0 Å². The molecule has 0 saturated carbocycles. The Morgan fingerprint density at radius 3 is 2.43 bits per heavy atom. The van der Waals surface area contributed by atoms with Gasteiger partial charge in [-0.05, 0) is 11.6 Å². The van der Waals surface area contributed by atoms with Gasteiger partial charge >= 0.3 is 0 Å². The van der Waals surface area contributed by atoms with Crippen LogP contribution in [-0.4, -0.2) is 37.2 Å². The van der Waals surface area contributed by atoms with Crippen molar-refractivity contribution < 1.29 is 4.79 Å². The topological polar surface area (TPSA) is 72.5 Å². The number of fused-ring (bicyclic) bond motifs is 1. The Hall–Kier alpha value is -3.74. The first-order valence-corrected chi connectivity index (χ1v) is 8.90. The molecule has 0 aliphatic heterocycles. The molecule has 0 atom stereocenters. The normalized spacial score (nSPS) is 10.9. The van der Waals surface area contributed by atoms with Gasteiger partial charge < -0.3 is 4.90 Å². The monoisotopic (exact) mass is 373 g/mol. The minimum absolute atomic E-state index is 0.121. The molecule has 2 aromatic heterocycles. The number of hydrogen-bond donors (Lipinski definition) is 0. The van der Waals surface area contributed by atoms with Gasteiger partial charge in [0, 0.05) is 19.2 Å². The highest BCUT2D eigenvalue weighted by molar-refractivity contribution is 5.75. The summed E-state index contributed by atoms with van der Waals surface area (Å²) >= 11 is 0. The highest BCUT2D eigenvalue weighted by Crippen LogP contribution is 2.17. The fourth-order valence-electron chi connectivity index (χ4n) is 3.00. The van der Waals surface area contributed by atoms with Crippen molar-refractivity contribution in [2.75, 3.05) is 7.05 Å². The number of aromatic nitrogens is 4. The van der Waals surface area contributed by atoms with E-state index in [4.69, 9.17) is 0 Å². The van der Waals surface area contributed by atoms with E-state index in [9.17, 15) is 9.59 Å². The molecule has 0 N–H and O–H groups in total. The zero-order valence-corrected chi connectivity index (χ0v) is 15.4. The number of likely N-dealkylation sites (N-methyl/N-ethyl adjacent to an activating group) is 1. The second kappa shape index (κ2) is 7.48. The quantitative estimate of drug-likeness (QED) is 0.538. The summed E-state index contributed by atoms with van der Waals surface area (Å²) < 4.78 is 2.62. The number of benzene rings is 2. The van der Waals surface area contributed by atoms with E-state index < -0.39 is 0 Å². The van der Waals surface area contributed by atoms with Crippen LogP contribution in [-0.2, 0) is 17.9 Å². The van der Waals surface area contributed by atoms with Gasteiger partial charge in [0.05, 0.1) is 5.69 Å². The van der Waals surface area contributed by atoms with Gasteiger partial charge in [-0.1, -0.05) is 60.7 Å². The Labute approximate surface area is 161 Å². The van der Waals surface area contributed by atoms with E-state index >= 15 is 0 Å². The smallest absolute Gasteiger partial charge is 0.293 e. The van der Waals surface area contributed by atoms with Crippen LogP contribution in [0, 0.1) is 0 Å². The molecule has 0 aliphatic rings. The molecule has 0 radical (unpaired) electrons. The minimum atomic E-state index is -0.348. The molecule has 7 heteroatoms. The van der Waals surface area contributed by atoms with Gasteiger partial charge in [-0.2, -0.15) is 10.2 Å². The van der Waals surface area contributed by atoms with Crippen molar-refractivity contribution in [2.24, 2.45) is 0 Å². The Bertz CT molecular complexity index is 1170. The summed E-state index contributed by atoms with van der Waals surface area (Å²) in [6.07, 6.45) is 1.45. The van der Waals surface area contributed by atoms with E-state index in [2.05, 4.69) is 10.2 Å². The predicted molar refractivity (Wildman–Crippen MR) is 106 cm³/mol. The van der Waals surface area contributed by atoms with Crippen molar-refractivity contribution in [3.05, 3.63) is 89.0 Å². The second-order valence-corrected chi connectivity index (χ2v) is 6.55. The van der Waals surface area contributed by atoms with Crippen molar-refractivity contribution in [2.45, 2.75) is 13.1 Å². The molecular weight excluding hydrogens is 354 g/mol. The molecule has 1 amide bonds. The van der Waals surface area contributed by atoms with Crippen molar-refractivity contribution in [3.63, 3.8) is 0 Å². The van der Waals surface area contributed by atoms with E-state index in [-0.39, 0.29) is 18.0 Å². The average Bonchev–Trinajstić information content (AvgIpc) is 3.17. The van der Waals surface area contributed by atoms with E-state index in [1.165, 1.54) is 15.5 Å². The number of hydrogen-bond acceptors (Lipinski definition) is 4. The van der Waals surface area contributed by atoms with Crippen molar-refractivity contribution >= 4 is 11.4 Å². The van der Waals surface area contributed by atoms with Crippen molar-refractivity contribution in [1.29, 1.82) is 0 Å². The summed E-state index contributed by atoms with van der Waals surface area (Å²) in [5.41, 5.74) is 2.66. The highest BCUT2D eigenvalue weighted by Gasteiger charge is 2.15. The lowest BCUT2D eigenvalue weighted by molar-refractivity contribution is -0.131. The van der Waals surface area contributed by atoms with Crippen LogP contribution in [0.3, 0.4) is 0 Å². The molecule has 4 rings (SSSR count). The summed E-state index contributed by atoms with van der Waals surface area (Å²) in [7, 11) is 1.71. The molecule has 28 heavy (non-hydrogen) atoms. The maximum Gasteiger partial charge on any atom is 0.293 e. The van der Waals surface area contributed by atoms with Gasteiger partial charge in [0.2, 0.25) is 5.91 Å². The molecule has 140 valence electrons. The second-order valence-electron chi connectivity index (χ2n) is 6.55. The molecule has 0 fully saturated rings. The number of carbonyl (C=O) groups excluding carboxylic acids is 1. The average molecular weight is 373 g/mol. The third-order valence-electron chi connectivity index (χ3n) is 4.53. The number of amides is 1. The van der Waals surface area contributed by atoms with Crippen LogP contribution >= 0.6 is 0 Å². The minimum Gasteiger partial charge on any atom is -0.340 e. The molecule has 0 aliphatic carbocycles. The Morgan fingerprint density at radius 1 is 1.04 bits per heavy atom.